The predicted molar refractivity (Wildman–Crippen MR) is 153 cm³/mol. The van der Waals surface area contributed by atoms with E-state index < -0.39 is 0 Å². The Kier molecular flexibility index (Phi) is 5.36. The molecule has 0 amide bonds. The first-order valence-corrected chi connectivity index (χ1v) is 12.9. The average molecular weight is 479 g/mol. The van der Waals surface area contributed by atoms with E-state index in [2.05, 4.69) is 121 Å². The minimum Gasteiger partial charge on any atom is -0.492 e. The Bertz CT molecular complexity index is 1610. The van der Waals surface area contributed by atoms with Gasteiger partial charge in [-0.1, -0.05) is 109 Å². The smallest absolute Gasteiger partial charge is 0.135 e. The van der Waals surface area contributed by atoms with Crippen LogP contribution in [0.5, 0.6) is 11.5 Å². The molecule has 6 aromatic carbocycles. The molecule has 0 fully saturated rings. The van der Waals surface area contributed by atoms with Gasteiger partial charge in [-0.05, 0) is 45.2 Å². The van der Waals surface area contributed by atoms with Gasteiger partial charge in [0.05, 0.1) is 13.2 Å². The molecule has 0 unspecified atom stereocenters. The summed E-state index contributed by atoms with van der Waals surface area (Å²) in [5.41, 5.74) is 6.79. The topological polar surface area (TPSA) is 18.5 Å². The van der Waals surface area contributed by atoms with Crippen molar-refractivity contribution >= 4 is 21.5 Å². The van der Waals surface area contributed by atoms with E-state index in [1.807, 2.05) is 0 Å². The van der Waals surface area contributed by atoms with Gasteiger partial charge in [0.25, 0.3) is 0 Å². The Morgan fingerprint density at radius 1 is 0.432 bits per heavy atom. The Morgan fingerprint density at radius 3 is 1.30 bits per heavy atom. The van der Waals surface area contributed by atoms with Crippen LogP contribution < -0.4 is 9.47 Å². The average Bonchev–Trinajstić information content (AvgIpc) is 3.07. The third-order valence-electron chi connectivity index (χ3n) is 7.20. The van der Waals surface area contributed by atoms with Crippen LogP contribution in [-0.4, -0.2) is 13.2 Å². The van der Waals surface area contributed by atoms with Crippen LogP contribution in [0.15, 0.2) is 121 Å². The molecule has 0 aliphatic carbocycles. The third-order valence-corrected chi connectivity index (χ3v) is 7.20. The fourth-order valence-electron chi connectivity index (χ4n) is 5.52. The summed E-state index contributed by atoms with van der Waals surface area (Å²) >= 11 is 0. The van der Waals surface area contributed by atoms with Gasteiger partial charge in [0.15, 0.2) is 0 Å². The van der Waals surface area contributed by atoms with E-state index >= 15 is 0 Å². The quantitative estimate of drug-likeness (QED) is 0.247. The van der Waals surface area contributed by atoms with Crippen LogP contribution in [0.3, 0.4) is 0 Å². The molecule has 0 aromatic heterocycles. The van der Waals surface area contributed by atoms with Crippen molar-refractivity contribution in [3.05, 3.63) is 121 Å². The molecule has 6 aromatic rings. The third kappa shape index (κ3) is 3.73. The summed E-state index contributed by atoms with van der Waals surface area (Å²) in [4.78, 5) is 0. The van der Waals surface area contributed by atoms with Crippen molar-refractivity contribution in [2.24, 2.45) is 0 Å². The molecule has 1 heterocycles. The summed E-state index contributed by atoms with van der Waals surface area (Å²) in [6.07, 6.45) is 0.812. The zero-order valence-electron chi connectivity index (χ0n) is 20.5. The zero-order chi connectivity index (χ0) is 24.6. The van der Waals surface area contributed by atoms with Gasteiger partial charge < -0.3 is 9.47 Å². The minimum absolute atomic E-state index is 0.599. The van der Waals surface area contributed by atoms with Crippen molar-refractivity contribution in [1.29, 1.82) is 0 Å². The van der Waals surface area contributed by atoms with Crippen molar-refractivity contribution in [1.82, 2.24) is 0 Å². The molecule has 178 valence electrons. The van der Waals surface area contributed by atoms with Gasteiger partial charge in [-0.25, -0.2) is 0 Å². The number of hydrogen-bond acceptors (Lipinski definition) is 2. The van der Waals surface area contributed by atoms with Crippen molar-refractivity contribution in [2.75, 3.05) is 13.2 Å². The monoisotopic (exact) mass is 478 g/mol. The first-order valence-electron chi connectivity index (χ1n) is 12.9. The van der Waals surface area contributed by atoms with Gasteiger partial charge in [-0.15, -0.1) is 0 Å². The highest BCUT2D eigenvalue weighted by atomic mass is 16.5. The maximum atomic E-state index is 6.66. The molecule has 0 N–H and O–H groups in total. The van der Waals surface area contributed by atoms with Gasteiger partial charge in [-0.2, -0.15) is 0 Å². The molecule has 0 radical (unpaired) electrons. The molecule has 1 aliphatic rings. The second kappa shape index (κ2) is 9.15. The van der Waals surface area contributed by atoms with Crippen LogP contribution >= 0.6 is 0 Å². The normalized spacial score (nSPS) is 13.0. The number of rotatable bonds is 2. The van der Waals surface area contributed by atoms with E-state index in [4.69, 9.17) is 9.47 Å². The lowest BCUT2D eigenvalue weighted by Gasteiger charge is -2.23. The minimum atomic E-state index is 0.599. The standard InChI is InChI=1S/C35H26O2/c1-3-12-24(13-4-1)30-22-26-16-7-9-18-28(26)34-32(30)33-31(25-14-5-2-6-15-25)23-27-17-8-10-19-29(27)35(33)37-21-11-20-36-34/h1-10,12-19,22-23H,11,20-21H2. The summed E-state index contributed by atoms with van der Waals surface area (Å²) in [7, 11) is 0. The molecule has 2 nitrogen and oxygen atoms in total. The van der Waals surface area contributed by atoms with E-state index in [1.165, 1.54) is 10.8 Å². The van der Waals surface area contributed by atoms with Gasteiger partial charge in [0.1, 0.15) is 11.5 Å². The van der Waals surface area contributed by atoms with Crippen molar-refractivity contribution in [3.8, 4) is 44.9 Å². The summed E-state index contributed by atoms with van der Waals surface area (Å²) < 4.78 is 13.3. The number of fused-ring (bicyclic) bond motifs is 7. The molecule has 0 saturated carbocycles. The van der Waals surface area contributed by atoms with E-state index in [1.54, 1.807) is 0 Å². The van der Waals surface area contributed by atoms with E-state index in [0.717, 1.165) is 62.1 Å². The fraction of sp³-hybridized carbons (Fsp3) is 0.0857. The Hall–Kier alpha value is -4.56. The summed E-state index contributed by atoms with van der Waals surface area (Å²) in [6.45, 7) is 1.20. The summed E-state index contributed by atoms with van der Waals surface area (Å²) in [6, 6.07) is 42.9. The fourth-order valence-corrected chi connectivity index (χ4v) is 5.52. The van der Waals surface area contributed by atoms with E-state index in [0.29, 0.717) is 13.2 Å². The van der Waals surface area contributed by atoms with Crippen LogP contribution in [0.2, 0.25) is 0 Å². The van der Waals surface area contributed by atoms with Crippen LogP contribution in [0, 0.1) is 0 Å². The van der Waals surface area contributed by atoms with Crippen molar-refractivity contribution in [2.45, 2.75) is 6.42 Å². The molecule has 1 aliphatic heterocycles. The molecular formula is C35H26O2. The summed E-state index contributed by atoms with van der Waals surface area (Å²) in [5.74, 6) is 1.85. The highest BCUT2D eigenvalue weighted by molar-refractivity contribution is 6.11. The highest BCUT2D eigenvalue weighted by Crippen LogP contribution is 2.53. The highest BCUT2D eigenvalue weighted by Gasteiger charge is 2.26. The van der Waals surface area contributed by atoms with Gasteiger partial charge in [-0.3, -0.25) is 0 Å². The molecule has 2 heteroatoms. The molecule has 7 rings (SSSR count). The molecular weight excluding hydrogens is 452 g/mol. The zero-order valence-corrected chi connectivity index (χ0v) is 20.5. The molecule has 0 saturated heterocycles. The number of hydrogen-bond donors (Lipinski definition) is 0. The Morgan fingerprint density at radius 2 is 0.838 bits per heavy atom. The van der Waals surface area contributed by atoms with Gasteiger partial charge in [0, 0.05) is 28.3 Å². The van der Waals surface area contributed by atoms with Crippen LogP contribution in [0.4, 0.5) is 0 Å². The van der Waals surface area contributed by atoms with Crippen LogP contribution in [0.25, 0.3) is 54.9 Å². The predicted octanol–water partition coefficient (Wildman–Crippen LogP) is 9.16. The lowest BCUT2D eigenvalue weighted by Crippen LogP contribution is -2.04. The van der Waals surface area contributed by atoms with E-state index in [9.17, 15) is 0 Å². The van der Waals surface area contributed by atoms with Gasteiger partial charge >= 0.3 is 0 Å². The van der Waals surface area contributed by atoms with Crippen LogP contribution in [0.1, 0.15) is 6.42 Å². The second-order valence-corrected chi connectivity index (χ2v) is 9.48. The molecule has 0 atom stereocenters. The Balaban J connectivity index is 1.71. The summed E-state index contributed by atoms with van der Waals surface area (Å²) in [5, 5.41) is 4.59. The lowest BCUT2D eigenvalue weighted by atomic mass is 9.84. The largest absolute Gasteiger partial charge is 0.492 e. The number of benzene rings is 6. The SMILES string of the molecule is c1ccc(-c2cc3ccccc3c3c2-c2c(-c4ccccc4)cc4ccccc4c2OCCCO3)cc1. The van der Waals surface area contributed by atoms with Gasteiger partial charge in [0.2, 0.25) is 0 Å². The maximum Gasteiger partial charge on any atom is 0.135 e. The lowest BCUT2D eigenvalue weighted by molar-refractivity contribution is 0.255. The van der Waals surface area contributed by atoms with E-state index in [-0.39, 0.29) is 0 Å². The second-order valence-electron chi connectivity index (χ2n) is 9.48. The molecule has 0 bridgehead atoms. The molecule has 0 spiro atoms. The Labute approximate surface area is 216 Å². The van der Waals surface area contributed by atoms with Crippen molar-refractivity contribution in [3.63, 3.8) is 0 Å². The first-order chi connectivity index (χ1) is 18.4. The van der Waals surface area contributed by atoms with Crippen LogP contribution in [-0.2, 0) is 0 Å². The van der Waals surface area contributed by atoms with Crippen molar-refractivity contribution < 1.29 is 9.47 Å². The maximum absolute atomic E-state index is 6.66. The molecule has 37 heavy (non-hydrogen) atoms. The number of ether oxygens (including phenoxy) is 2. The first kappa shape index (κ1) is 21.7.